The van der Waals surface area contributed by atoms with Crippen molar-refractivity contribution in [3.63, 3.8) is 0 Å². The van der Waals surface area contributed by atoms with Crippen molar-refractivity contribution in [2.45, 2.75) is 38.6 Å². The second-order valence-corrected chi connectivity index (χ2v) is 4.75. The van der Waals surface area contributed by atoms with Gasteiger partial charge >= 0.3 is 0 Å². The van der Waals surface area contributed by atoms with Crippen molar-refractivity contribution in [1.29, 1.82) is 0 Å². The fraction of sp³-hybridized carbons (Fsp3) is 0.500. The number of hydrogen-bond acceptors (Lipinski definition) is 3. The fourth-order valence-electron chi connectivity index (χ4n) is 2.48. The summed E-state index contributed by atoms with van der Waals surface area (Å²) in [4.78, 5) is 4.61. The first-order valence-corrected chi connectivity index (χ1v) is 6.49. The molecule has 2 heterocycles. The lowest BCUT2D eigenvalue weighted by Gasteiger charge is -2.02. The highest BCUT2D eigenvalue weighted by Crippen LogP contribution is 2.26. The largest absolute Gasteiger partial charge is 0.439 e. The van der Waals surface area contributed by atoms with Gasteiger partial charge in [-0.3, -0.25) is 0 Å². The van der Waals surface area contributed by atoms with E-state index in [0.29, 0.717) is 6.04 Å². The maximum absolute atomic E-state index is 5.81. The molecule has 90 valence electrons. The number of rotatable bonds is 3. The van der Waals surface area contributed by atoms with E-state index in [1.54, 1.807) is 0 Å². The summed E-state index contributed by atoms with van der Waals surface area (Å²) in [6.07, 6.45) is 4.62. The van der Waals surface area contributed by atoms with Gasteiger partial charge in [0, 0.05) is 0 Å². The third kappa shape index (κ3) is 2.07. The van der Waals surface area contributed by atoms with Crippen molar-refractivity contribution in [2.24, 2.45) is 0 Å². The van der Waals surface area contributed by atoms with E-state index in [9.17, 15) is 0 Å². The molecule has 0 amide bonds. The number of hydrogen-bond donors (Lipinski definition) is 1. The van der Waals surface area contributed by atoms with Crippen LogP contribution in [0.4, 0.5) is 0 Å². The molecule has 1 N–H and O–H groups in total. The third-order valence-corrected chi connectivity index (χ3v) is 3.37. The Hall–Kier alpha value is -1.35. The standard InChI is InChI=1S/C14H18N2O/c1-2-4-10-6-7-13-12(9-10)16-14(17-13)11-5-3-8-15-11/h6-7,9,11,15H,2-5,8H2,1H3. The molecule has 1 saturated heterocycles. The molecule has 3 rings (SSSR count). The van der Waals surface area contributed by atoms with Crippen LogP contribution in [0.1, 0.15) is 43.7 Å². The van der Waals surface area contributed by atoms with E-state index < -0.39 is 0 Å². The van der Waals surface area contributed by atoms with Gasteiger partial charge in [-0.15, -0.1) is 0 Å². The highest BCUT2D eigenvalue weighted by atomic mass is 16.3. The molecule has 1 aromatic heterocycles. The lowest BCUT2D eigenvalue weighted by Crippen LogP contribution is -2.12. The molecule has 3 nitrogen and oxygen atoms in total. The summed E-state index contributed by atoms with van der Waals surface area (Å²) in [7, 11) is 0. The Labute approximate surface area is 101 Å². The predicted molar refractivity (Wildman–Crippen MR) is 68.0 cm³/mol. The van der Waals surface area contributed by atoms with E-state index in [0.717, 1.165) is 36.4 Å². The smallest absolute Gasteiger partial charge is 0.212 e. The van der Waals surface area contributed by atoms with Crippen molar-refractivity contribution >= 4 is 11.1 Å². The monoisotopic (exact) mass is 230 g/mol. The molecule has 0 radical (unpaired) electrons. The highest BCUT2D eigenvalue weighted by molar-refractivity contribution is 5.73. The lowest BCUT2D eigenvalue weighted by molar-refractivity contribution is 0.452. The Balaban J connectivity index is 1.94. The van der Waals surface area contributed by atoms with E-state index in [2.05, 4.69) is 29.4 Å². The van der Waals surface area contributed by atoms with Crippen molar-refractivity contribution in [3.8, 4) is 0 Å². The summed E-state index contributed by atoms with van der Waals surface area (Å²) < 4.78 is 5.81. The number of nitrogens with zero attached hydrogens (tertiary/aromatic N) is 1. The average Bonchev–Trinajstić information content (AvgIpc) is 2.97. The van der Waals surface area contributed by atoms with Gasteiger partial charge in [0.1, 0.15) is 5.52 Å². The Morgan fingerprint density at radius 2 is 2.41 bits per heavy atom. The zero-order chi connectivity index (χ0) is 11.7. The first kappa shape index (κ1) is 10.8. The summed E-state index contributed by atoms with van der Waals surface area (Å²) in [5, 5.41) is 3.42. The minimum atomic E-state index is 0.317. The van der Waals surface area contributed by atoms with Crippen LogP contribution >= 0.6 is 0 Å². The molecule has 1 aromatic carbocycles. The number of benzene rings is 1. The van der Waals surface area contributed by atoms with Gasteiger partial charge in [0.2, 0.25) is 5.89 Å². The SMILES string of the molecule is CCCc1ccc2oc(C3CCCN3)nc2c1. The Bertz CT molecular complexity index is 512. The summed E-state index contributed by atoms with van der Waals surface area (Å²) in [6.45, 7) is 3.27. The summed E-state index contributed by atoms with van der Waals surface area (Å²) in [5.74, 6) is 0.853. The molecular weight excluding hydrogens is 212 g/mol. The lowest BCUT2D eigenvalue weighted by atomic mass is 10.1. The van der Waals surface area contributed by atoms with Gasteiger partial charge in [-0.25, -0.2) is 4.98 Å². The Morgan fingerprint density at radius 3 is 3.18 bits per heavy atom. The zero-order valence-corrected chi connectivity index (χ0v) is 10.2. The second kappa shape index (κ2) is 4.49. The number of aromatic nitrogens is 1. The summed E-state index contributed by atoms with van der Waals surface area (Å²) >= 11 is 0. The number of oxazole rings is 1. The Kier molecular flexibility index (Phi) is 2.85. The molecule has 17 heavy (non-hydrogen) atoms. The molecule has 0 saturated carbocycles. The van der Waals surface area contributed by atoms with Crippen LogP contribution in [0.3, 0.4) is 0 Å². The van der Waals surface area contributed by atoms with Crippen LogP contribution in [0.5, 0.6) is 0 Å². The normalized spacial score (nSPS) is 20.2. The van der Waals surface area contributed by atoms with Gasteiger partial charge < -0.3 is 9.73 Å². The van der Waals surface area contributed by atoms with E-state index >= 15 is 0 Å². The molecule has 1 aliphatic rings. The van der Waals surface area contributed by atoms with Gasteiger partial charge in [-0.1, -0.05) is 19.4 Å². The number of fused-ring (bicyclic) bond motifs is 1. The second-order valence-electron chi connectivity index (χ2n) is 4.75. The van der Waals surface area contributed by atoms with Gasteiger partial charge in [0.25, 0.3) is 0 Å². The first-order chi connectivity index (χ1) is 8.36. The molecule has 1 aliphatic heterocycles. The summed E-state index contributed by atoms with van der Waals surface area (Å²) in [6, 6.07) is 6.66. The average molecular weight is 230 g/mol. The van der Waals surface area contributed by atoms with Crippen LogP contribution in [0.15, 0.2) is 22.6 Å². The fourth-order valence-corrected chi connectivity index (χ4v) is 2.48. The molecule has 1 unspecified atom stereocenters. The Morgan fingerprint density at radius 1 is 1.47 bits per heavy atom. The van der Waals surface area contributed by atoms with E-state index in [1.165, 1.54) is 18.4 Å². The van der Waals surface area contributed by atoms with Crippen molar-refractivity contribution < 1.29 is 4.42 Å². The molecule has 0 bridgehead atoms. The molecule has 0 spiro atoms. The number of nitrogens with one attached hydrogen (secondary N) is 1. The highest BCUT2D eigenvalue weighted by Gasteiger charge is 2.21. The minimum Gasteiger partial charge on any atom is -0.439 e. The first-order valence-electron chi connectivity index (χ1n) is 6.49. The summed E-state index contributed by atoms with van der Waals surface area (Å²) in [5.41, 5.74) is 3.26. The van der Waals surface area contributed by atoms with Crippen LogP contribution in [-0.2, 0) is 6.42 Å². The molecule has 1 atom stereocenters. The minimum absolute atomic E-state index is 0.317. The van der Waals surface area contributed by atoms with Crippen LogP contribution in [-0.4, -0.2) is 11.5 Å². The van der Waals surface area contributed by atoms with Gasteiger partial charge in [0.15, 0.2) is 5.58 Å². The van der Waals surface area contributed by atoms with E-state index in [-0.39, 0.29) is 0 Å². The van der Waals surface area contributed by atoms with Crippen molar-refractivity contribution in [1.82, 2.24) is 10.3 Å². The van der Waals surface area contributed by atoms with Crippen LogP contribution in [0.2, 0.25) is 0 Å². The van der Waals surface area contributed by atoms with Crippen molar-refractivity contribution in [3.05, 3.63) is 29.7 Å². The molecule has 0 aliphatic carbocycles. The van der Waals surface area contributed by atoms with Crippen molar-refractivity contribution in [2.75, 3.05) is 6.54 Å². The van der Waals surface area contributed by atoms with E-state index in [1.807, 2.05) is 6.07 Å². The quantitative estimate of drug-likeness (QED) is 0.879. The third-order valence-electron chi connectivity index (χ3n) is 3.37. The zero-order valence-electron chi connectivity index (χ0n) is 10.2. The molecular formula is C14H18N2O. The van der Waals surface area contributed by atoms with Gasteiger partial charge in [0.05, 0.1) is 6.04 Å². The predicted octanol–water partition coefficient (Wildman–Crippen LogP) is 3.20. The van der Waals surface area contributed by atoms with Crippen LogP contribution < -0.4 is 5.32 Å². The van der Waals surface area contributed by atoms with Gasteiger partial charge in [-0.05, 0) is 43.5 Å². The van der Waals surface area contributed by atoms with Crippen LogP contribution in [0, 0.1) is 0 Å². The van der Waals surface area contributed by atoms with Crippen LogP contribution in [0.25, 0.3) is 11.1 Å². The van der Waals surface area contributed by atoms with E-state index in [4.69, 9.17) is 4.42 Å². The topological polar surface area (TPSA) is 38.1 Å². The number of aryl methyl sites for hydroxylation is 1. The molecule has 2 aromatic rings. The van der Waals surface area contributed by atoms with Gasteiger partial charge in [-0.2, -0.15) is 0 Å². The molecule has 3 heteroatoms. The maximum Gasteiger partial charge on any atom is 0.212 e. The molecule has 1 fully saturated rings. The maximum atomic E-state index is 5.81.